The van der Waals surface area contributed by atoms with Gasteiger partial charge in [0.25, 0.3) is 0 Å². The molecule has 59 heavy (non-hydrogen) atoms. The maximum Gasteiger partial charge on any atom is 0.459 e. The number of ether oxygens (including phenoxy) is 4. The molecule has 6 atom stereocenters. The predicted molar refractivity (Wildman–Crippen MR) is 221 cm³/mol. The van der Waals surface area contributed by atoms with E-state index in [1.54, 1.807) is 36.4 Å². The van der Waals surface area contributed by atoms with Gasteiger partial charge in [0.1, 0.15) is 41.9 Å². The van der Waals surface area contributed by atoms with E-state index in [1.165, 1.54) is 68.8 Å². The quantitative estimate of drug-likeness (QED) is 0.0374. The summed E-state index contributed by atoms with van der Waals surface area (Å²) in [4.78, 5) is 30.3. The van der Waals surface area contributed by atoms with Crippen LogP contribution in [0.1, 0.15) is 117 Å². The minimum atomic E-state index is -4.42. The van der Waals surface area contributed by atoms with Crippen LogP contribution in [-0.2, 0) is 43.2 Å². The number of para-hydroxylation sites is 1. The topological polar surface area (TPSA) is 219 Å². The summed E-state index contributed by atoms with van der Waals surface area (Å²) >= 11 is 0. The van der Waals surface area contributed by atoms with Crippen molar-refractivity contribution in [1.82, 2.24) is 19.7 Å². The third kappa shape index (κ3) is 13.7. The molecule has 326 valence electrons. The van der Waals surface area contributed by atoms with Crippen molar-refractivity contribution < 1.29 is 47.3 Å². The number of nitrogen functional groups attached to an aromatic ring is 1. The Labute approximate surface area is 348 Å². The molecule has 0 spiro atoms. The van der Waals surface area contributed by atoms with Gasteiger partial charge in [0.15, 0.2) is 11.9 Å². The fourth-order valence-electron chi connectivity index (χ4n) is 6.85. The van der Waals surface area contributed by atoms with Crippen LogP contribution in [-0.4, -0.2) is 82.4 Å². The van der Waals surface area contributed by atoms with E-state index in [1.807, 2.05) is 13.8 Å². The molecule has 2 aromatic heterocycles. The van der Waals surface area contributed by atoms with E-state index >= 15 is 0 Å². The van der Waals surface area contributed by atoms with Crippen LogP contribution in [0.15, 0.2) is 48.8 Å². The molecular weight excluding hydrogens is 779 g/mol. The van der Waals surface area contributed by atoms with Crippen molar-refractivity contribution in [3.8, 4) is 11.8 Å². The van der Waals surface area contributed by atoms with Crippen LogP contribution in [0.5, 0.6) is 5.75 Å². The van der Waals surface area contributed by atoms with E-state index in [4.69, 9.17) is 33.7 Å². The number of fused-ring (bicyclic) bond motifs is 1. The van der Waals surface area contributed by atoms with Gasteiger partial charge in [-0.15, -0.1) is 0 Å². The molecule has 1 unspecified atom stereocenters. The highest BCUT2D eigenvalue weighted by Crippen LogP contribution is 2.48. The number of hydrogen-bond donors (Lipinski definition) is 3. The second-order valence-electron chi connectivity index (χ2n) is 15.0. The number of rotatable bonds is 28. The van der Waals surface area contributed by atoms with E-state index in [9.17, 15) is 24.5 Å². The minimum Gasteiger partial charge on any atom is -0.464 e. The molecule has 1 saturated heterocycles. The number of aliphatic hydroxyl groups excluding tert-OH is 1. The zero-order valence-corrected chi connectivity index (χ0v) is 35.9. The van der Waals surface area contributed by atoms with Crippen molar-refractivity contribution in [3.05, 3.63) is 54.5 Å². The van der Waals surface area contributed by atoms with Crippen LogP contribution in [0.4, 0.5) is 5.82 Å². The zero-order chi connectivity index (χ0) is 42.7. The monoisotopic (exact) mass is 842 g/mol. The van der Waals surface area contributed by atoms with Gasteiger partial charge < -0.3 is 34.3 Å². The van der Waals surface area contributed by atoms with Gasteiger partial charge in [0, 0.05) is 6.61 Å². The zero-order valence-electron chi connectivity index (χ0n) is 35.0. The molecule has 16 nitrogen and oxygen atoms in total. The Morgan fingerprint density at radius 3 is 2.36 bits per heavy atom. The van der Waals surface area contributed by atoms with Crippen LogP contribution in [0.2, 0.25) is 0 Å². The maximum absolute atomic E-state index is 14.3. The number of benzene rings is 1. The average molecular weight is 843 g/mol. The maximum atomic E-state index is 14.3. The number of nitriles is 1. The lowest BCUT2D eigenvalue weighted by Crippen LogP contribution is -2.44. The van der Waals surface area contributed by atoms with Crippen molar-refractivity contribution in [2.45, 2.75) is 141 Å². The summed E-state index contributed by atoms with van der Waals surface area (Å²) in [5.74, 6) is -0.959. The van der Waals surface area contributed by atoms with E-state index < -0.39 is 56.2 Å². The molecule has 0 amide bonds. The predicted octanol–water partition coefficient (Wildman–Crippen LogP) is 7.19. The lowest BCUT2D eigenvalue weighted by molar-refractivity contribution is -0.161. The number of carbonyl (C=O) groups excluding carboxylic acids is 2. The van der Waals surface area contributed by atoms with Gasteiger partial charge >= 0.3 is 19.7 Å². The first-order chi connectivity index (χ1) is 28.5. The number of nitrogens with one attached hydrogen (secondary N) is 1. The molecule has 0 radical (unpaired) electrons. The highest BCUT2D eigenvalue weighted by atomic mass is 31.2. The number of hydrogen-bond acceptors (Lipinski definition) is 14. The Morgan fingerprint density at radius 1 is 1.02 bits per heavy atom. The summed E-state index contributed by atoms with van der Waals surface area (Å²) in [6.07, 6.45) is 9.93. The molecule has 0 bridgehead atoms. The van der Waals surface area contributed by atoms with Gasteiger partial charge in [-0.05, 0) is 43.5 Å². The first-order valence-corrected chi connectivity index (χ1v) is 22.6. The summed E-state index contributed by atoms with van der Waals surface area (Å²) in [5, 5.41) is 29.4. The van der Waals surface area contributed by atoms with E-state index in [0.717, 1.165) is 32.1 Å². The van der Waals surface area contributed by atoms with E-state index in [-0.39, 0.29) is 42.8 Å². The summed E-state index contributed by atoms with van der Waals surface area (Å²) in [7, 11) is -4.42. The Balaban J connectivity index is 1.45. The molecule has 3 heterocycles. The third-order valence-electron chi connectivity index (χ3n) is 10.5. The molecule has 1 fully saturated rings. The fourth-order valence-corrected chi connectivity index (χ4v) is 8.36. The third-order valence-corrected chi connectivity index (χ3v) is 12.2. The van der Waals surface area contributed by atoms with Gasteiger partial charge in [-0.1, -0.05) is 110 Å². The van der Waals surface area contributed by atoms with Gasteiger partial charge in [-0.25, -0.2) is 14.1 Å². The summed E-state index contributed by atoms with van der Waals surface area (Å²) in [6.45, 7) is 7.81. The number of aliphatic hydroxyl groups is 1. The van der Waals surface area contributed by atoms with Crippen molar-refractivity contribution in [2.24, 2.45) is 5.92 Å². The number of nitrogens with two attached hydrogens (primary N) is 1. The number of anilines is 1. The Morgan fingerprint density at radius 2 is 1.69 bits per heavy atom. The molecule has 17 heteroatoms. The van der Waals surface area contributed by atoms with Crippen LogP contribution >= 0.6 is 7.75 Å². The number of esters is 2. The molecule has 1 aliphatic rings. The summed E-state index contributed by atoms with van der Waals surface area (Å²) < 4.78 is 50.6. The number of aromatic nitrogens is 3. The highest BCUT2D eigenvalue weighted by molar-refractivity contribution is 7.52. The Hall–Kier alpha value is -4.10. The highest BCUT2D eigenvalue weighted by Gasteiger charge is 2.61. The summed E-state index contributed by atoms with van der Waals surface area (Å²) in [6, 6.07) is 12.2. The molecule has 0 saturated carbocycles. The number of nitrogens with zero attached hydrogens (tertiary/aromatic N) is 4. The van der Waals surface area contributed by atoms with Gasteiger partial charge in [0.2, 0.25) is 5.60 Å². The second-order valence-corrected chi connectivity index (χ2v) is 16.7. The molecular formula is C42H63N6O10P. The van der Waals surface area contributed by atoms with Crippen molar-refractivity contribution in [2.75, 3.05) is 32.2 Å². The second kappa shape index (κ2) is 24.2. The number of unbranched alkanes of at least 4 members (excludes halogenated alkanes) is 9. The van der Waals surface area contributed by atoms with Crippen molar-refractivity contribution in [3.63, 3.8) is 0 Å². The van der Waals surface area contributed by atoms with Crippen LogP contribution < -0.4 is 15.3 Å². The van der Waals surface area contributed by atoms with Gasteiger partial charge in [-0.3, -0.25) is 14.1 Å². The lowest BCUT2D eigenvalue weighted by atomic mass is 9.92. The van der Waals surface area contributed by atoms with Crippen LogP contribution in [0, 0.1) is 17.2 Å². The van der Waals surface area contributed by atoms with Gasteiger partial charge in [-0.2, -0.15) is 15.4 Å². The fraction of sp³-hybridized carbons (Fsp3) is 0.643. The average Bonchev–Trinajstić information content (AvgIpc) is 3.79. The SMILES string of the molecule is CCCCCCCCCCCCOCCC(=O)O[C@@H]1[C@H](O)[C@@H](COP(=O)(N[C@H](C)C(=O)OCC(CC)CC)Oc2ccccc2)O[C@@]1(C#N)c1ccc2c(N)ncnn12. The largest absolute Gasteiger partial charge is 0.464 e. The van der Waals surface area contributed by atoms with E-state index in [0.29, 0.717) is 12.1 Å². The molecule has 1 aliphatic heterocycles. The molecule has 0 aliphatic carbocycles. The lowest BCUT2D eigenvalue weighted by Gasteiger charge is -2.27. The minimum absolute atomic E-state index is 0.0771. The van der Waals surface area contributed by atoms with Gasteiger partial charge in [0.05, 0.1) is 31.9 Å². The van der Waals surface area contributed by atoms with Crippen molar-refractivity contribution >= 4 is 31.0 Å². The number of carbonyl (C=O) groups is 2. The standard InChI is InChI=1S/C42H63N6O10P/c1-5-8-9-10-11-12-13-14-15-19-25-53-26-24-37(49)56-39-38(50)35(57-42(39,29-43)36-23-22-34-40(44)45-30-46-48(34)36)28-55-59(52,58-33-20-17-16-18-21-33)47-31(4)41(51)54-27-32(6-2)7-3/h16-18,20-23,30-32,35,38-39,50H,5-15,19,24-28H2,1-4H3,(H,47,52)(H2,44,45,46)/t31-,35-,38-,39-,42+,59?/m1/s1. The van der Waals surface area contributed by atoms with Crippen LogP contribution in [0.25, 0.3) is 5.52 Å². The smallest absolute Gasteiger partial charge is 0.459 e. The van der Waals surface area contributed by atoms with Crippen LogP contribution in [0.3, 0.4) is 0 Å². The molecule has 3 aromatic rings. The first kappa shape index (κ1) is 47.6. The van der Waals surface area contributed by atoms with E-state index in [2.05, 4.69) is 28.2 Å². The Kier molecular flexibility index (Phi) is 19.5. The first-order valence-electron chi connectivity index (χ1n) is 21.1. The molecule has 4 rings (SSSR count). The van der Waals surface area contributed by atoms with Crippen molar-refractivity contribution in [1.29, 1.82) is 5.26 Å². The Bertz CT molecular complexity index is 1820. The molecule has 1 aromatic carbocycles. The molecule has 4 N–H and O–H groups in total. The summed E-state index contributed by atoms with van der Waals surface area (Å²) in [5.41, 5.74) is 4.38. The normalized spacial score (nSPS) is 20.6.